The Balaban J connectivity index is 2.57. The van der Waals surface area contributed by atoms with E-state index in [1.54, 1.807) is 0 Å². The van der Waals surface area contributed by atoms with Gasteiger partial charge in [0.2, 0.25) is 0 Å². The third kappa shape index (κ3) is 4.07. The van der Waals surface area contributed by atoms with E-state index in [9.17, 15) is 20.4 Å². The predicted molar refractivity (Wildman–Crippen MR) is 62.0 cm³/mol. The summed E-state index contributed by atoms with van der Waals surface area (Å²) < 4.78 is 10.3. The maximum Gasteiger partial charge on any atom is 0.186 e. The molecule has 0 spiro atoms. The van der Waals surface area contributed by atoms with Gasteiger partial charge in [0, 0.05) is 5.92 Å². The summed E-state index contributed by atoms with van der Waals surface area (Å²) in [6.45, 7) is 0.536. The van der Waals surface area contributed by atoms with Gasteiger partial charge >= 0.3 is 0 Å². The van der Waals surface area contributed by atoms with E-state index < -0.39 is 49.3 Å². The van der Waals surface area contributed by atoms with Gasteiger partial charge in [0.05, 0.1) is 25.9 Å². The van der Waals surface area contributed by atoms with Gasteiger partial charge in [-0.05, 0) is 6.92 Å². The van der Waals surface area contributed by atoms with E-state index in [4.69, 9.17) is 19.7 Å². The molecule has 1 fully saturated rings. The molecule has 7 atom stereocenters. The van der Waals surface area contributed by atoms with Crippen LogP contribution in [0.25, 0.3) is 0 Å². The normalized spacial score (nSPS) is 39.0. The molecule has 1 heterocycles. The Morgan fingerprint density at radius 3 is 2.21 bits per heavy atom. The summed E-state index contributed by atoms with van der Waals surface area (Å²) in [6.07, 6.45) is -7.52. The second kappa shape index (κ2) is 7.46. The highest BCUT2D eigenvalue weighted by molar-refractivity contribution is 4.89. The standard InChI is InChI=1S/C11H22O8/c1-5(14)6(2-12)4-18-11-10(17)9(16)8(15)7(3-13)19-11/h5-17H,2-4H2,1H3/t5-,6?,7?,8?,9?,10?,11?/m0/s1. The van der Waals surface area contributed by atoms with Crippen molar-refractivity contribution in [2.24, 2.45) is 5.92 Å². The lowest BCUT2D eigenvalue weighted by Gasteiger charge is -2.40. The van der Waals surface area contributed by atoms with E-state index in [-0.39, 0.29) is 13.2 Å². The first-order valence-electron chi connectivity index (χ1n) is 6.13. The van der Waals surface area contributed by atoms with Gasteiger partial charge in [-0.3, -0.25) is 0 Å². The Hall–Kier alpha value is -0.320. The Morgan fingerprint density at radius 1 is 1.11 bits per heavy atom. The minimum Gasteiger partial charge on any atom is -0.396 e. The van der Waals surface area contributed by atoms with Crippen LogP contribution in [0, 0.1) is 5.92 Å². The minimum atomic E-state index is -1.50. The molecular weight excluding hydrogens is 260 g/mol. The fourth-order valence-corrected chi connectivity index (χ4v) is 1.77. The number of rotatable bonds is 6. The lowest BCUT2D eigenvalue weighted by Crippen LogP contribution is -2.59. The van der Waals surface area contributed by atoms with Crippen molar-refractivity contribution in [1.82, 2.24) is 0 Å². The lowest BCUT2D eigenvalue weighted by atomic mass is 9.99. The zero-order valence-electron chi connectivity index (χ0n) is 10.7. The monoisotopic (exact) mass is 282 g/mol. The molecule has 8 nitrogen and oxygen atoms in total. The largest absolute Gasteiger partial charge is 0.396 e. The van der Waals surface area contributed by atoms with Crippen molar-refractivity contribution in [3.63, 3.8) is 0 Å². The topological polar surface area (TPSA) is 140 Å². The second-order valence-electron chi connectivity index (χ2n) is 4.71. The van der Waals surface area contributed by atoms with Crippen LogP contribution in [-0.2, 0) is 9.47 Å². The molecule has 6 unspecified atom stereocenters. The van der Waals surface area contributed by atoms with Crippen LogP contribution in [0.1, 0.15) is 6.92 Å². The molecule has 1 aliphatic heterocycles. The van der Waals surface area contributed by atoms with Crippen molar-refractivity contribution in [3.05, 3.63) is 0 Å². The van der Waals surface area contributed by atoms with Gasteiger partial charge in [0.15, 0.2) is 6.29 Å². The van der Waals surface area contributed by atoms with Gasteiger partial charge < -0.3 is 40.1 Å². The molecule has 0 saturated carbocycles. The molecule has 0 aromatic carbocycles. The van der Waals surface area contributed by atoms with E-state index in [1.807, 2.05) is 0 Å². The van der Waals surface area contributed by atoms with Crippen molar-refractivity contribution in [2.45, 2.75) is 43.7 Å². The maximum absolute atomic E-state index is 9.68. The van der Waals surface area contributed by atoms with E-state index >= 15 is 0 Å². The highest BCUT2D eigenvalue weighted by Crippen LogP contribution is 2.22. The van der Waals surface area contributed by atoms with Gasteiger partial charge in [-0.1, -0.05) is 0 Å². The molecular formula is C11H22O8. The van der Waals surface area contributed by atoms with Gasteiger partial charge in [0.1, 0.15) is 24.4 Å². The van der Waals surface area contributed by atoms with Crippen LogP contribution in [0.4, 0.5) is 0 Å². The second-order valence-corrected chi connectivity index (χ2v) is 4.71. The van der Waals surface area contributed by atoms with Crippen molar-refractivity contribution in [2.75, 3.05) is 19.8 Å². The first-order valence-corrected chi connectivity index (χ1v) is 6.13. The summed E-state index contributed by atoms with van der Waals surface area (Å²) in [4.78, 5) is 0. The molecule has 1 rings (SSSR count). The molecule has 114 valence electrons. The fraction of sp³-hybridized carbons (Fsp3) is 1.00. The van der Waals surface area contributed by atoms with E-state index in [1.165, 1.54) is 6.92 Å². The molecule has 1 aliphatic rings. The highest BCUT2D eigenvalue weighted by atomic mass is 16.7. The summed E-state index contributed by atoms with van der Waals surface area (Å²) in [5, 5.41) is 56.1. The number of ether oxygens (including phenoxy) is 2. The molecule has 6 N–H and O–H groups in total. The molecule has 0 bridgehead atoms. The predicted octanol–water partition coefficient (Wildman–Crippen LogP) is -3.21. The van der Waals surface area contributed by atoms with Crippen molar-refractivity contribution in [3.8, 4) is 0 Å². The zero-order chi connectivity index (χ0) is 14.6. The van der Waals surface area contributed by atoms with Crippen LogP contribution in [0.15, 0.2) is 0 Å². The summed E-state index contributed by atoms with van der Waals surface area (Å²) in [5.74, 6) is -0.563. The van der Waals surface area contributed by atoms with Crippen LogP contribution >= 0.6 is 0 Å². The van der Waals surface area contributed by atoms with Crippen LogP contribution in [0.5, 0.6) is 0 Å². The van der Waals surface area contributed by atoms with Crippen LogP contribution < -0.4 is 0 Å². The molecule has 0 aromatic heterocycles. The van der Waals surface area contributed by atoms with Gasteiger partial charge in [-0.25, -0.2) is 0 Å². The van der Waals surface area contributed by atoms with Crippen LogP contribution in [0.2, 0.25) is 0 Å². The Morgan fingerprint density at radius 2 is 1.74 bits per heavy atom. The maximum atomic E-state index is 9.68. The minimum absolute atomic E-state index is 0.100. The number of hydrogen-bond acceptors (Lipinski definition) is 8. The molecule has 8 heteroatoms. The number of aliphatic hydroxyl groups excluding tert-OH is 6. The smallest absolute Gasteiger partial charge is 0.186 e. The molecule has 0 aliphatic carbocycles. The van der Waals surface area contributed by atoms with Crippen LogP contribution in [0.3, 0.4) is 0 Å². The van der Waals surface area contributed by atoms with E-state index in [2.05, 4.69) is 0 Å². The lowest BCUT2D eigenvalue weighted by molar-refractivity contribution is -0.304. The van der Waals surface area contributed by atoms with Crippen LogP contribution in [-0.4, -0.2) is 87.3 Å². The Labute approximate surface area is 110 Å². The molecule has 19 heavy (non-hydrogen) atoms. The highest BCUT2D eigenvalue weighted by Gasteiger charge is 2.44. The fourth-order valence-electron chi connectivity index (χ4n) is 1.77. The van der Waals surface area contributed by atoms with Gasteiger partial charge in [0.25, 0.3) is 0 Å². The third-order valence-electron chi connectivity index (χ3n) is 3.24. The summed E-state index contributed by atoms with van der Waals surface area (Å²) in [6, 6.07) is 0. The summed E-state index contributed by atoms with van der Waals surface area (Å²) in [5.41, 5.74) is 0. The van der Waals surface area contributed by atoms with Gasteiger partial charge in [-0.15, -0.1) is 0 Å². The molecule has 0 amide bonds. The van der Waals surface area contributed by atoms with Crippen molar-refractivity contribution >= 4 is 0 Å². The molecule has 0 aromatic rings. The number of aliphatic hydroxyl groups is 6. The quantitative estimate of drug-likeness (QED) is 0.299. The van der Waals surface area contributed by atoms with E-state index in [0.717, 1.165) is 0 Å². The summed E-state index contributed by atoms with van der Waals surface area (Å²) >= 11 is 0. The van der Waals surface area contributed by atoms with Gasteiger partial charge in [-0.2, -0.15) is 0 Å². The average molecular weight is 282 g/mol. The van der Waals surface area contributed by atoms with E-state index in [0.29, 0.717) is 0 Å². The van der Waals surface area contributed by atoms with Crippen molar-refractivity contribution < 1.29 is 40.1 Å². The molecule has 0 radical (unpaired) electrons. The summed E-state index contributed by atoms with van der Waals surface area (Å²) in [7, 11) is 0. The Kier molecular flexibility index (Phi) is 6.57. The number of hydrogen-bond donors (Lipinski definition) is 6. The average Bonchev–Trinajstić information content (AvgIpc) is 2.38. The third-order valence-corrected chi connectivity index (χ3v) is 3.24. The van der Waals surface area contributed by atoms with Crippen molar-refractivity contribution in [1.29, 1.82) is 0 Å². The first-order chi connectivity index (χ1) is 8.92. The first kappa shape index (κ1) is 16.7. The Bertz CT molecular complexity index is 259. The zero-order valence-corrected chi connectivity index (χ0v) is 10.7. The SMILES string of the molecule is C[C@H](O)C(CO)COC1OC(CO)C(O)C(O)C1O. The molecule has 1 saturated heterocycles.